The molecule has 2 aromatic carbocycles. The van der Waals surface area contributed by atoms with Crippen LogP contribution in [0.1, 0.15) is 67.6 Å². The average Bonchev–Trinajstić information content (AvgIpc) is 3.15. The zero-order valence-corrected chi connectivity index (χ0v) is 31.8. The maximum atomic E-state index is 14.0. The molecule has 286 valence electrons. The number of carboxylic acid groups (broad SMARTS) is 2. The summed E-state index contributed by atoms with van der Waals surface area (Å²) in [7, 11) is 0. The van der Waals surface area contributed by atoms with Crippen molar-refractivity contribution >= 4 is 41.0 Å². The van der Waals surface area contributed by atoms with E-state index >= 15 is 0 Å². The molecule has 11 nitrogen and oxygen atoms in total. The lowest BCUT2D eigenvalue weighted by atomic mass is 9.73. The number of carbonyl (C=O) groups is 3. The summed E-state index contributed by atoms with van der Waals surface area (Å²) in [5.41, 5.74) is 8.85. The standard InChI is InChI=1S/C40H51Cl2N5O6/c41-29-9-6-10-30(42)34(29)37-35(38(49)50)31(12-11-27-7-2-3-8-28(27)24-45-19-21-53-22-20-45)44-32(36(37)39(51)52)23-33(48)47-17-15-46(16-18-47)26-40(25-43)13-4-1-5-14-40/h2-3,6-10,37,44H,1,4-5,11-26,43H2,(H,49,50)(H,51,52). The van der Waals surface area contributed by atoms with E-state index in [2.05, 4.69) is 21.2 Å². The van der Waals surface area contributed by atoms with Crippen molar-refractivity contribution in [2.75, 3.05) is 65.6 Å². The number of rotatable bonds is 13. The molecule has 53 heavy (non-hydrogen) atoms. The smallest absolute Gasteiger partial charge is 0.334 e. The van der Waals surface area contributed by atoms with Gasteiger partial charge in [-0.25, -0.2) is 9.59 Å². The fraction of sp³-hybridized carbons (Fsp3) is 0.525. The van der Waals surface area contributed by atoms with E-state index in [0.29, 0.717) is 58.1 Å². The molecular weight excluding hydrogens is 717 g/mol. The number of amides is 1. The van der Waals surface area contributed by atoms with Crippen molar-refractivity contribution in [1.29, 1.82) is 0 Å². The van der Waals surface area contributed by atoms with Crippen molar-refractivity contribution in [1.82, 2.24) is 20.0 Å². The number of nitrogens with two attached hydrogens (primary N) is 1. The highest BCUT2D eigenvalue weighted by Crippen LogP contribution is 2.45. The van der Waals surface area contributed by atoms with E-state index in [1.54, 1.807) is 23.1 Å². The molecule has 1 atom stereocenters. The molecule has 0 spiro atoms. The highest BCUT2D eigenvalue weighted by Gasteiger charge is 2.41. The Morgan fingerprint density at radius 1 is 0.792 bits per heavy atom. The van der Waals surface area contributed by atoms with Crippen LogP contribution in [0.4, 0.5) is 0 Å². The summed E-state index contributed by atoms with van der Waals surface area (Å²) in [6.07, 6.45) is 6.41. The van der Waals surface area contributed by atoms with Crippen molar-refractivity contribution in [2.45, 2.75) is 63.8 Å². The summed E-state index contributed by atoms with van der Waals surface area (Å²) in [5, 5.41) is 24.9. The lowest BCUT2D eigenvalue weighted by molar-refractivity contribution is -0.133. The van der Waals surface area contributed by atoms with Crippen LogP contribution in [0.2, 0.25) is 10.0 Å². The number of dihydropyridines is 1. The van der Waals surface area contributed by atoms with Gasteiger partial charge >= 0.3 is 11.9 Å². The predicted octanol–water partition coefficient (Wildman–Crippen LogP) is 5.27. The molecule has 0 radical (unpaired) electrons. The minimum Gasteiger partial charge on any atom is -0.478 e. The third kappa shape index (κ3) is 9.27. The summed E-state index contributed by atoms with van der Waals surface area (Å²) in [6.45, 7) is 7.77. The summed E-state index contributed by atoms with van der Waals surface area (Å²) < 4.78 is 5.52. The van der Waals surface area contributed by atoms with E-state index in [0.717, 1.165) is 50.1 Å². The first kappa shape index (κ1) is 39.2. The molecule has 6 rings (SSSR count). The van der Waals surface area contributed by atoms with Gasteiger partial charge in [0.1, 0.15) is 0 Å². The van der Waals surface area contributed by atoms with Gasteiger partial charge in [0.15, 0.2) is 0 Å². The summed E-state index contributed by atoms with van der Waals surface area (Å²) in [4.78, 5) is 46.8. The van der Waals surface area contributed by atoms with Crippen LogP contribution in [-0.4, -0.2) is 108 Å². The van der Waals surface area contributed by atoms with Crippen molar-refractivity contribution in [3.8, 4) is 0 Å². The van der Waals surface area contributed by atoms with E-state index in [-0.39, 0.29) is 56.6 Å². The minimum absolute atomic E-state index is 0.125. The third-order valence-corrected chi connectivity index (χ3v) is 12.2. The Bertz CT molecular complexity index is 1710. The second-order valence-electron chi connectivity index (χ2n) is 14.8. The topological polar surface area (TPSA) is 149 Å². The van der Waals surface area contributed by atoms with E-state index in [1.807, 2.05) is 18.2 Å². The average molecular weight is 769 g/mol. The van der Waals surface area contributed by atoms with Crippen molar-refractivity contribution in [2.24, 2.45) is 11.1 Å². The lowest BCUT2D eigenvalue weighted by Gasteiger charge is -2.43. The van der Waals surface area contributed by atoms with Crippen LogP contribution in [-0.2, 0) is 32.1 Å². The minimum atomic E-state index is -1.35. The summed E-state index contributed by atoms with van der Waals surface area (Å²) in [5.74, 6) is -4.17. The number of benzene rings is 2. The first-order valence-electron chi connectivity index (χ1n) is 18.8. The molecule has 3 heterocycles. The number of nitrogens with one attached hydrogen (secondary N) is 1. The Morgan fingerprint density at radius 2 is 1.42 bits per heavy atom. The number of ether oxygens (including phenoxy) is 1. The van der Waals surface area contributed by atoms with Gasteiger partial charge in [-0.1, -0.05) is 72.8 Å². The quantitative estimate of drug-likeness (QED) is 0.213. The number of allylic oxidation sites excluding steroid dienone is 1. The van der Waals surface area contributed by atoms with Crippen LogP contribution >= 0.6 is 23.2 Å². The van der Waals surface area contributed by atoms with E-state index in [1.165, 1.54) is 19.3 Å². The first-order valence-corrected chi connectivity index (χ1v) is 19.6. The zero-order valence-electron chi connectivity index (χ0n) is 30.3. The normalized spacial score (nSPS) is 21.4. The molecule has 1 unspecified atom stereocenters. The number of aliphatic carboxylic acids is 2. The molecule has 3 fully saturated rings. The van der Waals surface area contributed by atoms with E-state index in [4.69, 9.17) is 33.7 Å². The first-order chi connectivity index (χ1) is 25.6. The monoisotopic (exact) mass is 767 g/mol. The Balaban J connectivity index is 1.27. The molecule has 2 saturated heterocycles. The van der Waals surface area contributed by atoms with Gasteiger partial charge in [-0.3, -0.25) is 14.6 Å². The van der Waals surface area contributed by atoms with Crippen molar-refractivity contribution < 1.29 is 29.3 Å². The van der Waals surface area contributed by atoms with Gasteiger partial charge in [0.2, 0.25) is 5.91 Å². The van der Waals surface area contributed by atoms with Crippen LogP contribution in [0.15, 0.2) is 65.0 Å². The molecule has 0 aromatic heterocycles. The highest BCUT2D eigenvalue weighted by molar-refractivity contribution is 6.36. The number of halogens is 2. The Labute approximate surface area is 321 Å². The zero-order chi connectivity index (χ0) is 37.5. The molecule has 0 bridgehead atoms. The van der Waals surface area contributed by atoms with E-state index < -0.39 is 17.9 Å². The van der Waals surface area contributed by atoms with Gasteiger partial charge in [0.05, 0.1) is 36.7 Å². The molecule has 1 aliphatic carbocycles. The van der Waals surface area contributed by atoms with Crippen LogP contribution in [0.3, 0.4) is 0 Å². The van der Waals surface area contributed by atoms with E-state index in [9.17, 15) is 24.6 Å². The molecule has 3 aliphatic heterocycles. The second-order valence-corrected chi connectivity index (χ2v) is 15.7. The van der Waals surface area contributed by atoms with Gasteiger partial charge in [-0.05, 0) is 60.9 Å². The number of piperazine rings is 1. The largest absolute Gasteiger partial charge is 0.478 e. The van der Waals surface area contributed by atoms with Crippen molar-refractivity contribution in [3.05, 3.63) is 91.7 Å². The fourth-order valence-corrected chi connectivity index (χ4v) is 9.18. The second kappa shape index (κ2) is 17.8. The molecule has 2 aromatic rings. The molecule has 5 N–H and O–H groups in total. The van der Waals surface area contributed by atoms with Gasteiger partial charge < -0.3 is 30.9 Å². The number of hydrogen-bond donors (Lipinski definition) is 4. The number of aryl methyl sites for hydroxylation is 1. The molecule has 1 amide bonds. The van der Waals surface area contributed by atoms with Crippen LogP contribution < -0.4 is 11.1 Å². The predicted molar refractivity (Wildman–Crippen MR) is 205 cm³/mol. The Morgan fingerprint density at radius 3 is 2.04 bits per heavy atom. The maximum Gasteiger partial charge on any atom is 0.334 e. The summed E-state index contributed by atoms with van der Waals surface area (Å²) >= 11 is 13.4. The van der Waals surface area contributed by atoms with Gasteiger partial charge in [0.25, 0.3) is 0 Å². The number of carbonyl (C=O) groups excluding carboxylic acids is 1. The van der Waals surface area contributed by atoms with Gasteiger partial charge in [0, 0.05) is 79.4 Å². The molecule has 4 aliphatic rings. The Hall–Kier alpha value is -3.45. The maximum absolute atomic E-state index is 14.0. The van der Waals surface area contributed by atoms with Crippen molar-refractivity contribution in [3.63, 3.8) is 0 Å². The van der Waals surface area contributed by atoms with Gasteiger partial charge in [-0.15, -0.1) is 0 Å². The van der Waals surface area contributed by atoms with Gasteiger partial charge in [-0.2, -0.15) is 0 Å². The lowest BCUT2D eigenvalue weighted by Crippen LogP contribution is -2.53. The molecule has 13 heteroatoms. The molecule has 1 saturated carbocycles. The Kier molecular flexibility index (Phi) is 13.2. The van der Waals surface area contributed by atoms with Crippen LogP contribution in [0, 0.1) is 5.41 Å². The number of hydrogen-bond acceptors (Lipinski definition) is 8. The number of morpholine rings is 1. The van der Waals surface area contributed by atoms with Crippen LogP contribution in [0.25, 0.3) is 0 Å². The SMILES string of the molecule is NCC1(CN2CCN(C(=O)CC3=C(C(=O)O)C(c4c(Cl)cccc4Cl)C(C(=O)O)=C(CCc4ccccc4CN4CCOCC4)N3)CC2)CCCCC1. The fourth-order valence-electron chi connectivity index (χ4n) is 8.56. The molecular formula is C40H51Cl2N5O6. The summed E-state index contributed by atoms with van der Waals surface area (Å²) in [6, 6.07) is 12.8. The van der Waals surface area contributed by atoms with Crippen LogP contribution in [0.5, 0.6) is 0 Å². The number of carboxylic acids is 2. The third-order valence-electron chi connectivity index (χ3n) is 11.5. The highest BCUT2D eigenvalue weighted by atomic mass is 35.5. The number of nitrogens with zero attached hydrogens (tertiary/aromatic N) is 3.